The van der Waals surface area contributed by atoms with Crippen LogP contribution < -0.4 is 0 Å². The van der Waals surface area contributed by atoms with Crippen LogP contribution in [0.2, 0.25) is 0 Å². The summed E-state index contributed by atoms with van der Waals surface area (Å²) < 4.78 is 11.8. The summed E-state index contributed by atoms with van der Waals surface area (Å²) in [5.74, 6) is -1.33. The van der Waals surface area contributed by atoms with Crippen molar-refractivity contribution in [2.75, 3.05) is 13.7 Å². The number of pyridine rings is 1. The number of para-hydroxylation sites is 1. The van der Waals surface area contributed by atoms with Gasteiger partial charge in [0.1, 0.15) is 0 Å². The summed E-state index contributed by atoms with van der Waals surface area (Å²) in [6.45, 7) is 3.33. The lowest BCUT2D eigenvalue weighted by atomic mass is 10.1. The number of aryl methyl sites for hydroxylation is 1. The van der Waals surface area contributed by atoms with Crippen molar-refractivity contribution >= 4 is 34.7 Å². The van der Waals surface area contributed by atoms with Crippen molar-refractivity contribution in [1.82, 2.24) is 9.55 Å². The number of rotatable bonds is 7. The molecule has 0 aliphatic rings. The fraction of sp³-hybridized carbons (Fsp3) is 0.143. The summed E-state index contributed by atoms with van der Waals surface area (Å²) in [6, 6.07) is 18.2. The Hall–Kier alpha value is -4.52. The van der Waals surface area contributed by atoms with E-state index in [9.17, 15) is 14.4 Å². The predicted octanol–water partition coefficient (Wildman–Crippen LogP) is 4.87. The number of aromatic nitrogens is 2. The van der Waals surface area contributed by atoms with Gasteiger partial charge in [-0.15, -0.1) is 0 Å². The maximum atomic E-state index is 12.8. The molecule has 35 heavy (non-hydrogen) atoms. The number of hydrogen-bond donors (Lipinski definition) is 0. The zero-order valence-corrected chi connectivity index (χ0v) is 19.6. The van der Waals surface area contributed by atoms with Crippen LogP contribution in [0.3, 0.4) is 0 Å². The fourth-order valence-electron chi connectivity index (χ4n) is 3.99. The van der Waals surface area contributed by atoms with E-state index in [4.69, 9.17) is 9.47 Å². The molecule has 7 nitrogen and oxygen atoms in total. The van der Waals surface area contributed by atoms with Gasteiger partial charge in [0.25, 0.3) is 0 Å². The van der Waals surface area contributed by atoms with Crippen LogP contribution >= 0.6 is 0 Å². The first-order valence-electron chi connectivity index (χ1n) is 11.0. The van der Waals surface area contributed by atoms with Gasteiger partial charge in [0.15, 0.2) is 6.61 Å². The van der Waals surface area contributed by atoms with Gasteiger partial charge in [-0.3, -0.25) is 9.78 Å². The SMILES string of the molecule is COC(=O)c1ccc(-n2c(C)cc(C(=O)COC(=O)/C=C/c3cccc4cccnc34)c2C)cc1. The second-order valence-corrected chi connectivity index (χ2v) is 7.95. The third-order valence-electron chi connectivity index (χ3n) is 5.69. The lowest BCUT2D eigenvalue weighted by Gasteiger charge is -2.10. The fourth-order valence-corrected chi connectivity index (χ4v) is 3.99. The van der Waals surface area contributed by atoms with E-state index in [2.05, 4.69) is 4.98 Å². The number of benzene rings is 2. The van der Waals surface area contributed by atoms with Crippen LogP contribution in [0, 0.1) is 13.8 Å². The number of nitrogens with zero attached hydrogens (tertiary/aromatic N) is 2. The highest BCUT2D eigenvalue weighted by atomic mass is 16.5. The Bertz CT molecular complexity index is 1440. The number of Topliss-reactive ketones (excluding diaryl/α,β-unsaturated/α-hetero) is 1. The topological polar surface area (TPSA) is 87.5 Å². The molecule has 176 valence electrons. The molecule has 7 heteroatoms. The predicted molar refractivity (Wildman–Crippen MR) is 133 cm³/mol. The number of ether oxygens (including phenoxy) is 2. The van der Waals surface area contributed by atoms with Crippen LogP contribution in [0.1, 0.15) is 37.7 Å². The van der Waals surface area contributed by atoms with Crippen LogP contribution in [-0.2, 0) is 14.3 Å². The van der Waals surface area contributed by atoms with Crippen LogP contribution in [0.25, 0.3) is 22.7 Å². The molecule has 2 heterocycles. The van der Waals surface area contributed by atoms with E-state index in [0.717, 1.165) is 27.8 Å². The Kier molecular flexibility index (Phi) is 6.87. The molecule has 0 saturated heterocycles. The molecule has 0 N–H and O–H groups in total. The summed E-state index contributed by atoms with van der Waals surface area (Å²) in [4.78, 5) is 41.1. The van der Waals surface area contributed by atoms with Crippen LogP contribution in [-0.4, -0.2) is 41.0 Å². The molecule has 2 aromatic carbocycles. The lowest BCUT2D eigenvalue weighted by molar-refractivity contribution is -0.136. The monoisotopic (exact) mass is 468 g/mol. The quantitative estimate of drug-likeness (QED) is 0.219. The van der Waals surface area contributed by atoms with E-state index in [1.807, 2.05) is 48.7 Å². The highest BCUT2D eigenvalue weighted by Crippen LogP contribution is 2.22. The summed E-state index contributed by atoms with van der Waals surface area (Å²) in [5.41, 5.74) is 4.83. The summed E-state index contributed by atoms with van der Waals surface area (Å²) >= 11 is 0. The Labute approximate surface area is 202 Å². The van der Waals surface area contributed by atoms with Gasteiger partial charge in [-0.2, -0.15) is 0 Å². The first-order valence-corrected chi connectivity index (χ1v) is 11.0. The van der Waals surface area contributed by atoms with Gasteiger partial charge in [-0.1, -0.05) is 24.3 Å². The average Bonchev–Trinajstić information content (AvgIpc) is 3.19. The van der Waals surface area contributed by atoms with E-state index in [1.54, 1.807) is 42.6 Å². The summed E-state index contributed by atoms with van der Waals surface area (Å²) in [5, 5.41) is 0.966. The van der Waals surface area contributed by atoms with Crippen molar-refractivity contribution in [2.45, 2.75) is 13.8 Å². The second kappa shape index (κ2) is 10.2. The zero-order chi connectivity index (χ0) is 24.9. The van der Waals surface area contributed by atoms with Crippen molar-refractivity contribution in [3.05, 3.63) is 101 Å². The van der Waals surface area contributed by atoms with E-state index in [-0.39, 0.29) is 12.4 Å². The molecular formula is C28H24N2O5. The van der Waals surface area contributed by atoms with Crippen LogP contribution in [0.5, 0.6) is 0 Å². The number of hydrogen-bond acceptors (Lipinski definition) is 6. The Morgan fingerprint density at radius 3 is 2.49 bits per heavy atom. The van der Waals surface area contributed by atoms with E-state index in [1.165, 1.54) is 13.2 Å². The molecule has 0 amide bonds. The maximum absolute atomic E-state index is 12.8. The minimum Gasteiger partial charge on any atom is -0.465 e. The zero-order valence-electron chi connectivity index (χ0n) is 19.6. The molecule has 0 saturated carbocycles. The molecule has 0 spiro atoms. The van der Waals surface area contributed by atoms with Crippen LogP contribution in [0.15, 0.2) is 72.9 Å². The molecule has 4 rings (SSSR count). The highest BCUT2D eigenvalue weighted by molar-refractivity contribution is 6.00. The van der Waals surface area contributed by atoms with Gasteiger partial charge in [0, 0.05) is 45.9 Å². The van der Waals surface area contributed by atoms with Gasteiger partial charge in [0.05, 0.1) is 18.2 Å². The van der Waals surface area contributed by atoms with Crippen molar-refractivity contribution in [3.8, 4) is 5.69 Å². The molecule has 0 aliphatic heterocycles. The molecule has 0 atom stereocenters. The number of carbonyl (C=O) groups is 3. The first kappa shape index (κ1) is 23.6. The second-order valence-electron chi connectivity index (χ2n) is 7.95. The van der Waals surface area contributed by atoms with Gasteiger partial charge >= 0.3 is 11.9 Å². The Morgan fingerprint density at radius 1 is 1.00 bits per heavy atom. The van der Waals surface area contributed by atoms with E-state index < -0.39 is 11.9 Å². The molecular weight excluding hydrogens is 444 g/mol. The normalized spacial score (nSPS) is 11.1. The molecule has 0 fully saturated rings. The van der Waals surface area contributed by atoms with Gasteiger partial charge in [-0.25, -0.2) is 9.59 Å². The minimum absolute atomic E-state index is 0.302. The maximum Gasteiger partial charge on any atom is 0.337 e. The van der Waals surface area contributed by atoms with Gasteiger partial charge in [-0.05, 0) is 56.3 Å². The van der Waals surface area contributed by atoms with Gasteiger partial charge < -0.3 is 14.0 Å². The van der Waals surface area contributed by atoms with Crippen molar-refractivity contribution in [1.29, 1.82) is 0 Å². The number of ketones is 1. The third kappa shape index (κ3) is 5.04. The Balaban J connectivity index is 1.44. The molecule has 0 radical (unpaired) electrons. The molecule has 4 aromatic rings. The lowest BCUT2D eigenvalue weighted by Crippen LogP contribution is -2.13. The highest BCUT2D eigenvalue weighted by Gasteiger charge is 2.18. The van der Waals surface area contributed by atoms with Crippen molar-refractivity contribution in [2.24, 2.45) is 0 Å². The molecule has 0 unspecified atom stereocenters. The van der Waals surface area contributed by atoms with Crippen molar-refractivity contribution in [3.63, 3.8) is 0 Å². The standard InChI is InChI=1S/C28H24N2O5/c1-18-16-24(19(2)30(18)23-12-9-22(10-13-23)28(33)34-3)25(31)17-35-26(32)14-11-21-7-4-6-20-8-5-15-29-27(20)21/h4-16H,17H2,1-3H3/b14-11+. The van der Waals surface area contributed by atoms with Crippen molar-refractivity contribution < 1.29 is 23.9 Å². The van der Waals surface area contributed by atoms with Gasteiger partial charge in [0.2, 0.25) is 5.78 Å². The summed E-state index contributed by atoms with van der Waals surface area (Å²) in [7, 11) is 1.33. The molecule has 2 aromatic heterocycles. The smallest absolute Gasteiger partial charge is 0.337 e. The minimum atomic E-state index is -0.613. The number of carbonyl (C=O) groups excluding carboxylic acids is 3. The average molecular weight is 469 g/mol. The molecule has 0 bridgehead atoms. The number of esters is 2. The van der Waals surface area contributed by atoms with E-state index >= 15 is 0 Å². The number of methoxy groups -OCH3 is 1. The molecule has 0 aliphatic carbocycles. The first-order chi connectivity index (χ1) is 16.9. The van der Waals surface area contributed by atoms with Crippen LogP contribution in [0.4, 0.5) is 0 Å². The Morgan fingerprint density at radius 2 is 1.74 bits per heavy atom. The van der Waals surface area contributed by atoms with E-state index in [0.29, 0.717) is 16.8 Å². The largest absolute Gasteiger partial charge is 0.465 e. The number of fused-ring (bicyclic) bond motifs is 1. The third-order valence-corrected chi connectivity index (χ3v) is 5.69. The summed E-state index contributed by atoms with van der Waals surface area (Å²) in [6.07, 6.45) is 4.62.